The Morgan fingerprint density at radius 2 is 1.29 bits per heavy atom. The van der Waals surface area contributed by atoms with Crippen LogP contribution in [0.3, 0.4) is 0 Å². The van der Waals surface area contributed by atoms with Crippen LogP contribution in [-0.2, 0) is 29.8 Å². The Labute approximate surface area is 230 Å². The van der Waals surface area contributed by atoms with E-state index in [0.717, 1.165) is 12.8 Å². The normalized spacial score (nSPS) is 11.9. The minimum atomic E-state index is -4.84. The molecule has 0 amide bonds. The number of hydrogen-bond donors (Lipinski definition) is 3. The zero-order valence-corrected chi connectivity index (χ0v) is 21.1. The first-order valence-electron chi connectivity index (χ1n) is 11.3. The van der Waals surface area contributed by atoms with Crippen LogP contribution in [0, 0.1) is 0 Å². The summed E-state index contributed by atoms with van der Waals surface area (Å²) in [7, 11) is -8.28. The number of carbonyl (C=O) groups is 2. The summed E-state index contributed by atoms with van der Waals surface area (Å²) in [5.41, 5.74) is 0. The molecule has 1 unspecified atom stereocenters. The van der Waals surface area contributed by atoms with Crippen molar-refractivity contribution in [3.05, 3.63) is 30.3 Å². The van der Waals surface area contributed by atoms with E-state index < -0.39 is 43.8 Å². The maximum absolute atomic E-state index is 11.8. The van der Waals surface area contributed by atoms with Crippen molar-refractivity contribution < 1.29 is 45.4 Å². The van der Waals surface area contributed by atoms with Crippen LogP contribution >= 0.6 is 0 Å². The van der Waals surface area contributed by atoms with Gasteiger partial charge in [0.2, 0.25) is 0 Å². The van der Waals surface area contributed by atoms with Gasteiger partial charge in [0.15, 0.2) is 5.25 Å². The van der Waals surface area contributed by atoms with E-state index >= 15 is 0 Å². The molecule has 0 heterocycles. The molecular formula is C22H37NaO10S2. The summed E-state index contributed by atoms with van der Waals surface area (Å²) in [5.74, 6) is -2.99. The average molecular weight is 549 g/mol. The van der Waals surface area contributed by atoms with E-state index in [1.165, 1.54) is 44.9 Å². The second-order valence-electron chi connectivity index (χ2n) is 7.78. The van der Waals surface area contributed by atoms with Gasteiger partial charge in [0.05, 0.1) is 12.2 Å². The van der Waals surface area contributed by atoms with Gasteiger partial charge in [-0.3, -0.25) is 14.1 Å². The Bertz CT molecular complexity index is 919. The summed E-state index contributed by atoms with van der Waals surface area (Å²) in [6, 6.07) is 8.70. The summed E-state index contributed by atoms with van der Waals surface area (Å²) >= 11 is 0. The van der Waals surface area contributed by atoms with E-state index in [2.05, 4.69) is 6.92 Å². The Kier molecular flexibility index (Phi) is 20.5. The molecule has 0 fully saturated rings. The van der Waals surface area contributed by atoms with Crippen molar-refractivity contribution in [3.63, 3.8) is 0 Å². The standard InChI is InChI=1S/C18H30O3S.C4H6O7S.Na.H/c1-2-3-4-5-6-7-8-9-10-14-17-22(19,20)21-18-15-12-11-13-16-18;5-3(6)1-2(4(7)8)12(9,10)11;;/h11-13,15-16H,2-10,14,17H2,1H3;2H,1H2,(H,5,6)(H,7,8)(H,9,10,11);;. The van der Waals surface area contributed by atoms with Crippen LogP contribution in [0.1, 0.15) is 77.6 Å². The maximum atomic E-state index is 11.8. The molecule has 0 aliphatic rings. The Morgan fingerprint density at radius 3 is 1.66 bits per heavy atom. The molecule has 35 heavy (non-hydrogen) atoms. The first-order valence-corrected chi connectivity index (χ1v) is 14.3. The van der Waals surface area contributed by atoms with Gasteiger partial charge in [-0.25, -0.2) is 0 Å². The molecule has 0 aliphatic carbocycles. The molecule has 0 aromatic heterocycles. The molecule has 1 aromatic carbocycles. The number of aliphatic carboxylic acids is 2. The third kappa shape index (κ3) is 20.7. The SMILES string of the molecule is CCCCCCCCCCCCS(=O)(=O)Oc1ccccc1.O=C(O)CC(C(=O)O)S(=O)(=O)O.[NaH]. The summed E-state index contributed by atoms with van der Waals surface area (Å²) < 4.78 is 57.3. The molecule has 198 valence electrons. The first-order chi connectivity index (χ1) is 15.9. The molecule has 0 radical (unpaired) electrons. The number of unbranched alkanes of at least 4 members (excludes halogenated alkanes) is 9. The molecule has 1 atom stereocenters. The number of rotatable bonds is 17. The van der Waals surface area contributed by atoms with Gasteiger partial charge in [0, 0.05) is 0 Å². The fourth-order valence-corrected chi connectivity index (χ4v) is 4.56. The Balaban J connectivity index is 0. The van der Waals surface area contributed by atoms with Gasteiger partial charge in [0.25, 0.3) is 10.1 Å². The van der Waals surface area contributed by atoms with Gasteiger partial charge in [-0.05, 0) is 18.6 Å². The summed E-state index contributed by atoms with van der Waals surface area (Å²) in [5, 5.41) is 13.9. The number of benzene rings is 1. The van der Waals surface area contributed by atoms with Crippen LogP contribution in [0.25, 0.3) is 0 Å². The van der Waals surface area contributed by atoms with E-state index in [1.807, 2.05) is 6.07 Å². The number of para-hydroxylation sites is 1. The van der Waals surface area contributed by atoms with Crippen LogP contribution in [-0.4, -0.2) is 84.1 Å². The van der Waals surface area contributed by atoms with Gasteiger partial charge >= 0.3 is 51.6 Å². The second kappa shape index (κ2) is 19.9. The molecule has 1 rings (SSSR count). The van der Waals surface area contributed by atoms with Crippen LogP contribution in [0.2, 0.25) is 0 Å². The van der Waals surface area contributed by atoms with Crippen LogP contribution in [0.5, 0.6) is 5.75 Å². The second-order valence-corrected chi connectivity index (χ2v) is 11.1. The van der Waals surface area contributed by atoms with E-state index in [1.54, 1.807) is 24.3 Å². The van der Waals surface area contributed by atoms with Crippen LogP contribution < -0.4 is 4.18 Å². The third-order valence-electron chi connectivity index (χ3n) is 4.71. The minimum absolute atomic E-state index is 0. The molecule has 0 bridgehead atoms. The summed E-state index contributed by atoms with van der Waals surface area (Å²) in [4.78, 5) is 20.0. The van der Waals surface area contributed by atoms with E-state index in [0.29, 0.717) is 12.2 Å². The van der Waals surface area contributed by atoms with Crippen LogP contribution in [0.4, 0.5) is 0 Å². The molecule has 0 aliphatic heterocycles. The third-order valence-corrected chi connectivity index (χ3v) is 7.03. The Hall–Kier alpha value is -1.18. The van der Waals surface area contributed by atoms with Gasteiger partial charge in [-0.1, -0.05) is 82.9 Å². The van der Waals surface area contributed by atoms with E-state index in [-0.39, 0.29) is 35.3 Å². The van der Waals surface area contributed by atoms with Gasteiger partial charge < -0.3 is 14.4 Å². The summed E-state index contributed by atoms with van der Waals surface area (Å²) in [6.07, 6.45) is 10.7. The molecule has 0 spiro atoms. The zero-order chi connectivity index (χ0) is 26.0. The van der Waals surface area contributed by atoms with Crippen molar-refractivity contribution in [2.75, 3.05) is 5.75 Å². The van der Waals surface area contributed by atoms with Crippen molar-refractivity contribution in [2.45, 2.75) is 82.8 Å². The molecule has 0 saturated heterocycles. The first kappa shape index (κ1) is 36.0. The van der Waals surface area contributed by atoms with Crippen molar-refractivity contribution in [1.29, 1.82) is 0 Å². The fourth-order valence-electron chi connectivity index (χ4n) is 2.91. The van der Waals surface area contributed by atoms with Gasteiger partial charge in [-0.2, -0.15) is 16.8 Å². The molecule has 3 N–H and O–H groups in total. The predicted molar refractivity (Wildman–Crippen MR) is 135 cm³/mol. The monoisotopic (exact) mass is 548 g/mol. The fraction of sp³-hybridized carbons (Fsp3) is 0.636. The van der Waals surface area contributed by atoms with Crippen molar-refractivity contribution >= 4 is 61.7 Å². The molecular weight excluding hydrogens is 511 g/mol. The Morgan fingerprint density at radius 1 is 0.829 bits per heavy atom. The predicted octanol–water partition coefficient (Wildman–Crippen LogP) is 3.47. The number of carboxylic acid groups (broad SMARTS) is 2. The van der Waals surface area contributed by atoms with Crippen molar-refractivity contribution in [2.24, 2.45) is 0 Å². The molecule has 13 heteroatoms. The van der Waals surface area contributed by atoms with Crippen molar-refractivity contribution in [1.82, 2.24) is 0 Å². The molecule has 10 nitrogen and oxygen atoms in total. The molecule has 0 saturated carbocycles. The summed E-state index contributed by atoms with van der Waals surface area (Å²) in [6.45, 7) is 2.23. The molecule has 1 aromatic rings. The van der Waals surface area contributed by atoms with Crippen molar-refractivity contribution in [3.8, 4) is 5.75 Å². The zero-order valence-electron chi connectivity index (χ0n) is 19.5. The van der Waals surface area contributed by atoms with Gasteiger partial charge in [-0.15, -0.1) is 0 Å². The topological polar surface area (TPSA) is 172 Å². The average Bonchev–Trinajstić information content (AvgIpc) is 2.73. The quantitative estimate of drug-likeness (QED) is 0.113. The van der Waals surface area contributed by atoms with Crippen LogP contribution in [0.15, 0.2) is 30.3 Å². The number of carboxylic acids is 2. The number of hydrogen-bond acceptors (Lipinski definition) is 7. The van der Waals surface area contributed by atoms with E-state index in [9.17, 15) is 26.4 Å². The van der Waals surface area contributed by atoms with E-state index in [4.69, 9.17) is 18.9 Å². The van der Waals surface area contributed by atoms with Gasteiger partial charge in [0.1, 0.15) is 5.75 Å².